The molecule has 0 aromatic heterocycles. The van der Waals surface area contributed by atoms with Crippen LogP contribution >= 0.6 is 0 Å². The lowest BCUT2D eigenvalue weighted by Crippen LogP contribution is -2.52. The number of methoxy groups -OCH3 is 2. The van der Waals surface area contributed by atoms with Crippen LogP contribution in [-0.2, 0) is 62.4 Å². The molecule has 1 aliphatic rings. The third-order valence-electron chi connectivity index (χ3n) is 6.63. The lowest BCUT2D eigenvalue weighted by molar-refractivity contribution is -0.146. The molecule has 1 aliphatic carbocycles. The smallest absolute Gasteiger partial charge is 0.408 e. The second-order valence-corrected chi connectivity index (χ2v) is 13.5. The molecule has 0 heterocycles. The Hall–Kier alpha value is -4.10. The molecular formula is C33H51N3O14S. The average molecular weight is 746 g/mol. The van der Waals surface area contributed by atoms with Gasteiger partial charge in [0.05, 0.1) is 26.5 Å². The number of sulfonamides is 1. The lowest BCUT2D eigenvalue weighted by atomic mass is 10.2. The lowest BCUT2D eigenvalue weighted by Gasteiger charge is -2.24. The molecule has 0 saturated heterocycles. The number of rotatable bonds is 23. The minimum Gasteiger partial charge on any atom is -0.467 e. The number of hydrogen-bond acceptors (Lipinski definition) is 15. The van der Waals surface area contributed by atoms with Crippen molar-refractivity contribution in [3.8, 4) is 0 Å². The van der Waals surface area contributed by atoms with Crippen LogP contribution in [0.25, 0.3) is 0 Å². The Kier molecular flexibility index (Phi) is 20.6. The van der Waals surface area contributed by atoms with Crippen LogP contribution in [-0.4, -0.2) is 123 Å². The number of carbonyl (C=O) groups excluding carboxylic acids is 5. The number of ether oxygens (including phenoxy) is 7. The Morgan fingerprint density at radius 1 is 0.902 bits per heavy atom. The molecule has 0 bridgehead atoms. The number of amides is 2. The summed E-state index contributed by atoms with van der Waals surface area (Å²) in [5.74, 6) is -2.16. The van der Waals surface area contributed by atoms with Crippen LogP contribution in [0.2, 0.25) is 0 Å². The van der Waals surface area contributed by atoms with E-state index < -0.39 is 51.0 Å². The standard InChI is InChI=1S/C25H37N3O9S.C8H14O5/c1-6-18-16-25(18,27-23(31)37-24(2,3)4)22(30)28-38(32,33)20-11-8-7-10-19(20)26-12-15-35-13-9-14-36-17-21(29)34-5;1-11-8(10)7-13-5-2-4-12-6-3-9/h6-8,10-11,18,26H,1,9,12-17H2,2-5H3,(H,27,31)(H,28,30);3H,2,4-7H2,1H3/t18-,25-;/m1./s1. The molecule has 2 atom stereocenters. The molecule has 3 N–H and O–H groups in total. The molecule has 288 valence electrons. The van der Waals surface area contributed by atoms with E-state index >= 15 is 0 Å². The maximum absolute atomic E-state index is 13.1. The maximum Gasteiger partial charge on any atom is 0.408 e. The van der Waals surface area contributed by atoms with E-state index in [1.54, 1.807) is 32.9 Å². The van der Waals surface area contributed by atoms with Crippen molar-refractivity contribution in [3.63, 3.8) is 0 Å². The highest BCUT2D eigenvalue weighted by atomic mass is 32.2. The normalized spacial score (nSPS) is 16.4. The van der Waals surface area contributed by atoms with Crippen LogP contribution in [0, 0.1) is 5.92 Å². The van der Waals surface area contributed by atoms with Gasteiger partial charge in [-0.25, -0.2) is 27.5 Å². The van der Waals surface area contributed by atoms with Crippen molar-refractivity contribution >= 4 is 45.9 Å². The highest BCUT2D eigenvalue weighted by Gasteiger charge is 2.61. The SMILES string of the molecule is C=C[C@@H]1C[C@]1(NC(=O)OC(C)(C)C)C(=O)NS(=O)(=O)c1ccccc1NCCOCCCOCC(=O)OC.COC(=O)COCCCOCC=O. The van der Waals surface area contributed by atoms with Crippen molar-refractivity contribution in [2.45, 2.75) is 56.1 Å². The zero-order valence-corrected chi connectivity index (χ0v) is 30.7. The summed E-state index contributed by atoms with van der Waals surface area (Å²) in [6.07, 6.45) is 2.78. The van der Waals surface area contributed by atoms with Crippen LogP contribution in [0.15, 0.2) is 41.8 Å². The van der Waals surface area contributed by atoms with Gasteiger partial charge < -0.3 is 48.6 Å². The van der Waals surface area contributed by atoms with Crippen molar-refractivity contribution in [2.75, 3.05) is 78.9 Å². The quantitative estimate of drug-likeness (QED) is 0.0478. The number of para-hydroxylation sites is 1. The zero-order valence-electron chi connectivity index (χ0n) is 29.9. The van der Waals surface area contributed by atoms with Crippen molar-refractivity contribution in [2.24, 2.45) is 5.92 Å². The number of esters is 2. The minimum atomic E-state index is -4.29. The molecule has 1 fully saturated rings. The fourth-order valence-electron chi connectivity index (χ4n) is 4.08. The molecule has 0 spiro atoms. The van der Waals surface area contributed by atoms with Gasteiger partial charge in [0.2, 0.25) is 0 Å². The maximum atomic E-state index is 13.1. The molecule has 51 heavy (non-hydrogen) atoms. The first kappa shape index (κ1) is 44.9. The number of hydrogen-bond donors (Lipinski definition) is 3. The Labute approximate surface area is 299 Å². The zero-order chi connectivity index (χ0) is 38.3. The Balaban J connectivity index is 0.000000846. The molecule has 17 nitrogen and oxygen atoms in total. The molecular weight excluding hydrogens is 694 g/mol. The molecule has 18 heteroatoms. The fourth-order valence-corrected chi connectivity index (χ4v) is 5.30. The van der Waals surface area contributed by atoms with E-state index in [2.05, 4.69) is 31.4 Å². The molecule has 2 amide bonds. The van der Waals surface area contributed by atoms with Gasteiger partial charge in [0, 0.05) is 38.9 Å². The third kappa shape index (κ3) is 18.1. The first-order valence-electron chi connectivity index (χ1n) is 16.1. The van der Waals surface area contributed by atoms with Gasteiger partial charge in [0.25, 0.3) is 15.9 Å². The van der Waals surface area contributed by atoms with Gasteiger partial charge in [-0.3, -0.25) is 4.79 Å². The second kappa shape index (κ2) is 23.4. The van der Waals surface area contributed by atoms with Crippen LogP contribution in [0.4, 0.5) is 10.5 Å². The summed E-state index contributed by atoms with van der Waals surface area (Å²) in [4.78, 5) is 56.5. The third-order valence-corrected chi connectivity index (χ3v) is 8.02. The predicted molar refractivity (Wildman–Crippen MR) is 183 cm³/mol. The highest BCUT2D eigenvalue weighted by molar-refractivity contribution is 7.90. The number of anilines is 1. The minimum absolute atomic E-state index is 0.0375. The van der Waals surface area contributed by atoms with Crippen LogP contribution in [0.3, 0.4) is 0 Å². The van der Waals surface area contributed by atoms with E-state index in [1.807, 2.05) is 0 Å². The predicted octanol–water partition coefficient (Wildman–Crippen LogP) is 1.75. The fraction of sp³-hybridized carbons (Fsp3) is 0.606. The first-order chi connectivity index (χ1) is 24.2. The van der Waals surface area contributed by atoms with E-state index in [0.717, 1.165) is 0 Å². The van der Waals surface area contributed by atoms with Gasteiger partial charge in [-0.05, 0) is 52.2 Å². The summed E-state index contributed by atoms with van der Waals surface area (Å²) in [5, 5.41) is 5.51. The van der Waals surface area contributed by atoms with Crippen LogP contribution in [0.1, 0.15) is 40.0 Å². The van der Waals surface area contributed by atoms with E-state index in [9.17, 15) is 32.4 Å². The summed E-state index contributed by atoms with van der Waals surface area (Å²) in [6.45, 7) is 10.8. The summed E-state index contributed by atoms with van der Waals surface area (Å²) in [5.41, 5.74) is -1.98. The van der Waals surface area contributed by atoms with Crippen LogP contribution < -0.4 is 15.4 Å². The van der Waals surface area contributed by atoms with Crippen molar-refractivity contribution in [1.29, 1.82) is 0 Å². The van der Waals surface area contributed by atoms with E-state index in [4.69, 9.17) is 23.7 Å². The Morgan fingerprint density at radius 2 is 1.47 bits per heavy atom. The molecule has 0 radical (unpaired) electrons. The van der Waals surface area contributed by atoms with Gasteiger partial charge in [0.1, 0.15) is 42.1 Å². The summed E-state index contributed by atoms with van der Waals surface area (Å²) < 4.78 is 62.8. The number of alkyl carbamates (subject to hydrolysis) is 1. The summed E-state index contributed by atoms with van der Waals surface area (Å²) in [7, 11) is -1.70. The van der Waals surface area contributed by atoms with Gasteiger partial charge in [-0.15, -0.1) is 6.58 Å². The topological polar surface area (TPSA) is 220 Å². The number of carbonyl (C=O) groups is 5. The van der Waals surface area contributed by atoms with Crippen molar-refractivity contribution in [1.82, 2.24) is 10.0 Å². The molecule has 0 unspecified atom stereocenters. The molecule has 2 rings (SSSR count). The van der Waals surface area contributed by atoms with Gasteiger partial charge in [-0.1, -0.05) is 18.2 Å². The van der Waals surface area contributed by atoms with E-state index in [0.29, 0.717) is 52.1 Å². The molecule has 1 aromatic carbocycles. The highest BCUT2D eigenvalue weighted by Crippen LogP contribution is 2.45. The summed E-state index contributed by atoms with van der Waals surface area (Å²) >= 11 is 0. The summed E-state index contributed by atoms with van der Waals surface area (Å²) in [6, 6.07) is 6.12. The Morgan fingerprint density at radius 3 is 2.00 bits per heavy atom. The molecule has 1 aromatic rings. The molecule has 0 aliphatic heterocycles. The monoisotopic (exact) mass is 745 g/mol. The van der Waals surface area contributed by atoms with Gasteiger partial charge in [-0.2, -0.15) is 0 Å². The van der Waals surface area contributed by atoms with Crippen LogP contribution in [0.5, 0.6) is 0 Å². The largest absolute Gasteiger partial charge is 0.467 e. The van der Waals surface area contributed by atoms with Crippen molar-refractivity contribution < 1.29 is 65.5 Å². The van der Waals surface area contributed by atoms with Gasteiger partial charge >= 0.3 is 18.0 Å². The van der Waals surface area contributed by atoms with Crippen molar-refractivity contribution in [3.05, 3.63) is 36.9 Å². The van der Waals surface area contributed by atoms with Gasteiger partial charge in [0.15, 0.2) is 0 Å². The first-order valence-corrected chi connectivity index (χ1v) is 17.6. The van der Waals surface area contributed by atoms with E-state index in [-0.39, 0.29) is 43.4 Å². The number of aldehydes is 1. The average Bonchev–Trinajstić information content (AvgIpc) is 3.80. The Bertz CT molecular complexity index is 1380. The number of benzene rings is 1. The molecule has 1 saturated carbocycles. The van der Waals surface area contributed by atoms with E-state index in [1.165, 1.54) is 32.4 Å². The second-order valence-electron chi connectivity index (χ2n) is 11.8. The number of nitrogens with one attached hydrogen (secondary N) is 3.